The van der Waals surface area contributed by atoms with Crippen LogP contribution in [0.15, 0.2) is 54.6 Å². The summed E-state index contributed by atoms with van der Waals surface area (Å²) in [5.74, 6) is 0.478. The number of nitrogens with one attached hydrogen (secondary N) is 1. The molecule has 7 heteroatoms. The standard InChI is InChI=1S/C30H39N3O3.ClH/c1-4-5-17-33-28(35)26(20-22(2)3)31-29(36)30(33)15-18-32(19-16-30)21-23-11-13-25(14-12-23)27(34)24-9-7-6-8-10-24;/h6-14,22,26H,4-5,15-21H2,1-3H3,(H,31,36);1H/t26-;/m0./s1. The number of rotatable bonds is 9. The van der Waals surface area contributed by atoms with Gasteiger partial charge in [0, 0.05) is 37.3 Å². The SMILES string of the molecule is CCCCN1C(=O)[C@H](CC(C)C)NC(=O)C12CCN(Cc1ccc(C(=O)c3ccccc3)cc1)CC2.Cl. The molecule has 4 rings (SSSR count). The second-order valence-corrected chi connectivity index (χ2v) is 10.7. The zero-order valence-electron chi connectivity index (χ0n) is 22.2. The zero-order valence-corrected chi connectivity index (χ0v) is 23.1. The summed E-state index contributed by atoms with van der Waals surface area (Å²) in [6.45, 7) is 9.20. The number of nitrogens with zero attached hydrogens (tertiary/aromatic N) is 2. The average molecular weight is 526 g/mol. The minimum absolute atomic E-state index is 0. The van der Waals surface area contributed by atoms with Gasteiger partial charge >= 0.3 is 0 Å². The maximum Gasteiger partial charge on any atom is 0.246 e. The van der Waals surface area contributed by atoms with Crippen LogP contribution in [0.25, 0.3) is 0 Å². The molecule has 2 aliphatic heterocycles. The van der Waals surface area contributed by atoms with E-state index in [2.05, 4.69) is 31.0 Å². The van der Waals surface area contributed by atoms with Crippen LogP contribution in [-0.4, -0.2) is 58.6 Å². The fourth-order valence-corrected chi connectivity index (χ4v) is 5.50. The molecule has 1 atom stereocenters. The first kappa shape index (κ1) is 28.9. The topological polar surface area (TPSA) is 69.7 Å². The van der Waals surface area contributed by atoms with Crippen molar-refractivity contribution < 1.29 is 14.4 Å². The van der Waals surface area contributed by atoms with E-state index in [4.69, 9.17) is 0 Å². The molecule has 1 N–H and O–H groups in total. The van der Waals surface area contributed by atoms with Gasteiger partial charge in [0.2, 0.25) is 11.8 Å². The maximum absolute atomic E-state index is 13.4. The molecule has 0 bridgehead atoms. The van der Waals surface area contributed by atoms with E-state index in [-0.39, 0.29) is 30.0 Å². The number of piperazine rings is 1. The smallest absolute Gasteiger partial charge is 0.246 e. The number of ketones is 1. The predicted octanol–water partition coefficient (Wildman–Crippen LogP) is 4.85. The molecule has 0 aliphatic carbocycles. The van der Waals surface area contributed by atoms with E-state index in [0.717, 1.165) is 38.0 Å². The number of hydrogen-bond acceptors (Lipinski definition) is 4. The maximum atomic E-state index is 13.4. The van der Waals surface area contributed by atoms with Crippen LogP contribution in [-0.2, 0) is 16.1 Å². The molecule has 1 spiro atoms. The molecule has 0 unspecified atom stereocenters. The Morgan fingerprint density at radius 1 is 1.00 bits per heavy atom. The lowest BCUT2D eigenvalue weighted by atomic mass is 9.80. The Bertz CT molecular complexity index is 1060. The number of likely N-dealkylation sites (tertiary alicyclic amines) is 1. The summed E-state index contributed by atoms with van der Waals surface area (Å²) in [4.78, 5) is 43.8. The first-order chi connectivity index (χ1) is 17.3. The number of carbonyl (C=O) groups is 3. The number of piperidine rings is 1. The van der Waals surface area contributed by atoms with E-state index >= 15 is 0 Å². The molecular formula is C30H40ClN3O3. The molecule has 200 valence electrons. The van der Waals surface area contributed by atoms with Crippen molar-refractivity contribution in [2.75, 3.05) is 19.6 Å². The molecule has 2 amide bonds. The second kappa shape index (κ2) is 12.7. The van der Waals surface area contributed by atoms with Crippen molar-refractivity contribution >= 4 is 30.0 Å². The van der Waals surface area contributed by atoms with Crippen molar-refractivity contribution in [3.05, 3.63) is 71.3 Å². The molecule has 0 radical (unpaired) electrons. The highest BCUT2D eigenvalue weighted by atomic mass is 35.5. The fraction of sp³-hybridized carbons (Fsp3) is 0.500. The fourth-order valence-electron chi connectivity index (χ4n) is 5.50. The van der Waals surface area contributed by atoms with Crippen LogP contribution in [0.5, 0.6) is 0 Å². The van der Waals surface area contributed by atoms with E-state index in [0.29, 0.717) is 42.9 Å². The van der Waals surface area contributed by atoms with Gasteiger partial charge in [-0.2, -0.15) is 0 Å². The minimum atomic E-state index is -0.734. The molecule has 6 nitrogen and oxygen atoms in total. The molecule has 0 saturated carbocycles. The molecule has 2 aliphatic rings. The highest BCUT2D eigenvalue weighted by Gasteiger charge is 2.53. The van der Waals surface area contributed by atoms with Crippen LogP contribution >= 0.6 is 12.4 Å². The number of benzene rings is 2. The normalized spacial score (nSPS) is 19.6. The highest BCUT2D eigenvalue weighted by molar-refractivity contribution is 6.08. The summed E-state index contributed by atoms with van der Waals surface area (Å²) in [5.41, 5.74) is 1.78. The third-order valence-corrected chi connectivity index (χ3v) is 7.59. The Hall–Kier alpha value is -2.70. The van der Waals surface area contributed by atoms with Crippen LogP contribution < -0.4 is 5.32 Å². The van der Waals surface area contributed by atoms with Gasteiger partial charge in [0.15, 0.2) is 5.78 Å². The summed E-state index contributed by atoms with van der Waals surface area (Å²) in [7, 11) is 0. The van der Waals surface area contributed by atoms with E-state index < -0.39 is 11.6 Å². The van der Waals surface area contributed by atoms with Crippen LogP contribution in [0, 0.1) is 5.92 Å². The van der Waals surface area contributed by atoms with Crippen molar-refractivity contribution in [2.24, 2.45) is 5.92 Å². The molecule has 2 heterocycles. The minimum Gasteiger partial charge on any atom is -0.342 e. The van der Waals surface area contributed by atoms with Gasteiger partial charge in [-0.05, 0) is 37.2 Å². The number of carbonyl (C=O) groups excluding carboxylic acids is 3. The molecule has 2 aromatic carbocycles. The summed E-state index contributed by atoms with van der Waals surface area (Å²) in [6, 6.07) is 16.7. The van der Waals surface area contributed by atoms with E-state index in [1.165, 1.54) is 0 Å². The van der Waals surface area contributed by atoms with Gasteiger partial charge in [0.05, 0.1) is 0 Å². The van der Waals surface area contributed by atoms with Crippen molar-refractivity contribution in [1.29, 1.82) is 0 Å². The van der Waals surface area contributed by atoms with Crippen LogP contribution in [0.1, 0.15) is 74.4 Å². The molecule has 2 aromatic rings. The Kier molecular flexibility index (Phi) is 9.91. The third-order valence-electron chi connectivity index (χ3n) is 7.59. The average Bonchev–Trinajstić information content (AvgIpc) is 2.89. The lowest BCUT2D eigenvalue weighted by Gasteiger charge is -2.52. The lowest BCUT2D eigenvalue weighted by Crippen LogP contribution is -2.73. The zero-order chi connectivity index (χ0) is 25.7. The van der Waals surface area contributed by atoms with Crippen molar-refractivity contribution in [3.8, 4) is 0 Å². The second-order valence-electron chi connectivity index (χ2n) is 10.7. The van der Waals surface area contributed by atoms with Gasteiger partial charge in [-0.15, -0.1) is 12.4 Å². The van der Waals surface area contributed by atoms with Crippen LogP contribution in [0.2, 0.25) is 0 Å². The van der Waals surface area contributed by atoms with Crippen LogP contribution in [0.3, 0.4) is 0 Å². The van der Waals surface area contributed by atoms with Gasteiger partial charge in [-0.1, -0.05) is 81.8 Å². The summed E-state index contributed by atoms with van der Waals surface area (Å²) in [6.07, 6.45) is 3.87. The first-order valence-corrected chi connectivity index (χ1v) is 13.4. The van der Waals surface area contributed by atoms with Gasteiger partial charge < -0.3 is 10.2 Å². The Labute approximate surface area is 227 Å². The third kappa shape index (κ3) is 6.42. The van der Waals surface area contributed by atoms with Gasteiger partial charge in [0.25, 0.3) is 0 Å². The Morgan fingerprint density at radius 3 is 2.22 bits per heavy atom. The van der Waals surface area contributed by atoms with Crippen molar-refractivity contribution in [2.45, 2.75) is 71.0 Å². The van der Waals surface area contributed by atoms with Gasteiger partial charge in [-0.25, -0.2) is 0 Å². The molecule has 0 aromatic heterocycles. The molecule has 2 saturated heterocycles. The summed E-state index contributed by atoms with van der Waals surface area (Å²) < 4.78 is 0. The number of amides is 2. The Balaban J connectivity index is 0.00000380. The lowest BCUT2D eigenvalue weighted by molar-refractivity contribution is -0.161. The number of unbranched alkanes of at least 4 members (excludes halogenated alkanes) is 1. The Morgan fingerprint density at radius 2 is 1.62 bits per heavy atom. The van der Waals surface area contributed by atoms with Gasteiger partial charge in [-0.3, -0.25) is 19.3 Å². The molecule has 37 heavy (non-hydrogen) atoms. The number of halogens is 1. The van der Waals surface area contributed by atoms with Crippen molar-refractivity contribution in [3.63, 3.8) is 0 Å². The first-order valence-electron chi connectivity index (χ1n) is 13.4. The largest absolute Gasteiger partial charge is 0.342 e. The van der Waals surface area contributed by atoms with Crippen molar-refractivity contribution in [1.82, 2.24) is 15.1 Å². The summed E-state index contributed by atoms with van der Waals surface area (Å²) >= 11 is 0. The van der Waals surface area contributed by atoms with E-state index in [9.17, 15) is 14.4 Å². The highest BCUT2D eigenvalue weighted by Crippen LogP contribution is 2.34. The predicted molar refractivity (Wildman–Crippen MR) is 149 cm³/mol. The molecular weight excluding hydrogens is 486 g/mol. The quantitative estimate of drug-likeness (QED) is 0.475. The van der Waals surface area contributed by atoms with Gasteiger partial charge in [0.1, 0.15) is 11.6 Å². The number of hydrogen-bond donors (Lipinski definition) is 1. The van der Waals surface area contributed by atoms with E-state index in [1.54, 1.807) is 0 Å². The van der Waals surface area contributed by atoms with Crippen LogP contribution in [0.4, 0.5) is 0 Å². The summed E-state index contributed by atoms with van der Waals surface area (Å²) in [5, 5.41) is 3.08. The monoisotopic (exact) mass is 525 g/mol. The van der Waals surface area contributed by atoms with E-state index in [1.807, 2.05) is 59.5 Å². The molecule has 2 fully saturated rings.